The molecule has 1 N–H and O–H groups in total. The lowest BCUT2D eigenvalue weighted by atomic mass is 9.97. The molecule has 2 aromatic heterocycles. The number of carbonyl (C=O) groups excluding carboxylic acids is 1. The van der Waals surface area contributed by atoms with E-state index in [2.05, 4.69) is 20.4 Å². The third kappa shape index (κ3) is 4.00. The third-order valence-corrected chi connectivity index (χ3v) is 5.65. The molecule has 4 rings (SSSR count). The second-order valence-corrected chi connectivity index (χ2v) is 7.65. The van der Waals surface area contributed by atoms with Crippen LogP contribution in [-0.4, -0.2) is 47.8 Å². The average Bonchev–Trinajstić information content (AvgIpc) is 3.23. The molecule has 158 valence electrons. The van der Waals surface area contributed by atoms with Gasteiger partial charge in [-0.05, 0) is 42.7 Å². The van der Waals surface area contributed by atoms with Crippen LogP contribution in [0.25, 0.3) is 5.65 Å². The van der Waals surface area contributed by atoms with Gasteiger partial charge in [-0.15, -0.1) is 10.2 Å². The summed E-state index contributed by atoms with van der Waals surface area (Å²) in [6.45, 7) is 1.84. The molecular weight excluding hydrogens is 406 g/mol. The lowest BCUT2D eigenvalue weighted by Crippen LogP contribution is -2.43. The van der Waals surface area contributed by atoms with E-state index in [1.165, 1.54) is 0 Å². The lowest BCUT2D eigenvalue weighted by molar-refractivity contribution is -0.125. The first-order valence-electron chi connectivity index (χ1n) is 9.83. The Morgan fingerprint density at radius 1 is 1.23 bits per heavy atom. The predicted octanol–water partition coefficient (Wildman–Crippen LogP) is 2.93. The van der Waals surface area contributed by atoms with Gasteiger partial charge in [-0.1, -0.05) is 17.7 Å². The summed E-state index contributed by atoms with van der Waals surface area (Å²) in [5, 5.41) is 12.1. The molecule has 9 heteroatoms. The van der Waals surface area contributed by atoms with Crippen LogP contribution in [0.1, 0.15) is 18.4 Å². The van der Waals surface area contributed by atoms with E-state index in [1.54, 1.807) is 20.3 Å². The van der Waals surface area contributed by atoms with Gasteiger partial charge in [-0.2, -0.15) is 0 Å². The first-order valence-corrected chi connectivity index (χ1v) is 10.2. The third-order valence-electron chi connectivity index (χ3n) is 5.36. The average molecular weight is 430 g/mol. The Bertz CT molecular complexity index is 1050. The molecule has 1 aliphatic rings. The number of amides is 1. The van der Waals surface area contributed by atoms with Crippen LogP contribution in [-0.2, 0) is 11.3 Å². The fourth-order valence-electron chi connectivity index (χ4n) is 3.78. The molecule has 1 fully saturated rings. The number of aromatic nitrogens is 3. The van der Waals surface area contributed by atoms with E-state index in [1.807, 2.05) is 34.9 Å². The molecule has 8 nitrogen and oxygen atoms in total. The number of pyridine rings is 1. The second-order valence-electron chi connectivity index (χ2n) is 7.24. The van der Waals surface area contributed by atoms with Crippen molar-refractivity contribution in [2.75, 3.05) is 32.2 Å². The number of carbonyl (C=O) groups is 1. The topological polar surface area (TPSA) is 81.0 Å². The van der Waals surface area contributed by atoms with Gasteiger partial charge >= 0.3 is 0 Å². The van der Waals surface area contributed by atoms with Crippen molar-refractivity contribution in [2.24, 2.45) is 5.92 Å². The number of halogens is 1. The largest absolute Gasteiger partial charge is 0.493 e. The van der Waals surface area contributed by atoms with Gasteiger partial charge in [0, 0.05) is 25.8 Å². The lowest BCUT2D eigenvalue weighted by Gasteiger charge is -2.32. The molecule has 0 unspecified atom stereocenters. The fraction of sp³-hybridized carbons (Fsp3) is 0.381. The number of nitrogens with zero attached hydrogens (tertiary/aromatic N) is 4. The smallest absolute Gasteiger partial charge is 0.231 e. The molecule has 0 spiro atoms. The van der Waals surface area contributed by atoms with Gasteiger partial charge in [0.05, 0.1) is 25.2 Å². The minimum atomic E-state index is -0.120. The highest BCUT2D eigenvalue weighted by atomic mass is 35.5. The van der Waals surface area contributed by atoms with Gasteiger partial charge < -0.3 is 19.7 Å². The molecule has 1 aromatic carbocycles. The van der Waals surface area contributed by atoms with Crippen molar-refractivity contribution in [1.29, 1.82) is 0 Å². The van der Waals surface area contributed by atoms with Crippen molar-refractivity contribution in [2.45, 2.75) is 19.4 Å². The number of fused-ring (bicyclic) bond motifs is 1. The summed E-state index contributed by atoms with van der Waals surface area (Å²) in [5.41, 5.74) is 1.57. The van der Waals surface area contributed by atoms with E-state index in [-0.39, 0.29) is 11.8 Å². The number of piperidine rings is 1. The van der Waals surface area contributed by atoms with E-state index in [4.69, 9.17) is 21.1 Å². The molecule has 1 atom stereocenters. The summed E-state index contributed by atoms with van der Waals surface area (Å²) in [4.78, 5) is 14.9. The minimum absolute atomic E-state index is 0.0290. The van der Waals surface area contributed by atoms with Crippen LogP contribution < -0.4 is 19.7 Å². The van der Waals surface area contributed by atoms with E-state index in [0.717, 1.165) is 24.9 Å². The quantitative estimate of drug-likeness (QED) is 0.648. The van der Waals surface area contributed by atoms with E-state index in [0.29, 0.717) is 41.2 Å². The van der Waals surface area contributed by atoms with Gasteiger partial charge in [0.25, 0.3) is 0 Å². The maximum absolute atomic E-state index is 12.8. The summed E-state index contributed by atoms with van der Waals surface area (Å²) in [6.07, 6.45) is 3.63. The van der Waals surface area contributed by atoms with E-state index >= 15 is 0 Å². The first-order chi connectivity index (χ1) is 14.6. The standard InChI is InChI=1S/C21H24ClN5O3/c1-29-17-8-7-14(11-18(17)30-2)12-23-20(28)15-5-3-9-26(13-15)21-25-24-19-16(22)6-4-10-27(19)21/h4,6-8,10-11,15H,3,5,9,12-13H2,1-2H3,(H,23,28)/t15-/m1/s1. The summed E-state index contributed by atoms with van der Waals surface area (Å²) in [5.74, 6) is 1.93. The Balaban J connectivity index is 1.42. The minimum Gasteiger partial charge on any atom is -0.493 e. The molecule has 30 heavy (non-hydrogen) atoms. The van der Waals surface area contributed by atoms with Gasteiger partial charge in [-0.3, -0.25) is 9.20 Å². The summed E-state index contributed by atoms with van der Waals surface area (Å²) in [7, 11) is 3.19. The van der Waals surface area contributed by atoms with Crippen molar-refractivity contribution in [3.63, 3.8) is 0 Å². The van der Waals surface area contributed by atoms with Crippen LogP contribution >= 0.6 is 11.6 Å². The van der Waals surface area contributed by atoms with Gasteiger partial charge in [0.15, 0.2) is 17.1 Å². The Labute approximate surface area is 179 Å². The monoisotopic (exact) mass is 429 g/mol. The zero-order chi connectivity index (χ0) is 21.1. The molecule has 0 bridgehead atoms. The van der Waals surface area contributed by atoms with Crippen molar-refractivity contribution >= 4 is 29.1 Å². The number of rotatable bonds is 6. The number of methoxy groups -OCH3 is 2. The van der Waals surface area contributed by atoms with Crippen LogP contribution in [0.5, 0.6) is 11.5 Å². The predicted molar refractivity (Wildman–Crippen MR) is 114 cm³/mol. The zero-order valence-corrected chi connectivity index (χ0v) is 17.7. The van der Waals surface area contributed by atoms with Crippen molar-refractivity contribution in [3.8, 4) is 11.5 Å². The second kappa shape index (κ2) is 8.79. The first kappa shape index (κ1) is 20.3. The number of ether oxygens (including phenoxy) is 2. The maximum atomic E-state index is 12.8. The molecular formula is C21H24ClN5O3. The molecule has 1 aliphatic heterocycles. The molecule has 0 aliphatic carbocycles. The Morgan fingerprint density at radius 2 is 2.07 bits per heavy atom. The van der Waals surface area contributed by atoms with E-state index in [9.17, 15) is 4.79 Å². The number of benzene rings is 1. The molecule has 3 heterocycles. The van der Waals surface area contributed by atoms with Crippen LogP contribution in [0.3, 0.4) is 0 Å². The van der Waals surface area contributed by atoms with Crippen LogP contribution in [0, 0.1) is 5.92 Å². The van der Waals surface area contributed by atoms with Crippen LogP contribution in [0.2, 0.25) is 5.02 Å². The normalized spacial score (nSPS) is 16.5. The van der Waals surface area contributed by atoms with Gasteiger partial charge in [0.1, 0.15) is 0 Å². The highest BCUT2D eigenvalue weighted by Crippen LogP contribution is 2.28. The number of hydrogen-bond acceptors (Lipinski definition) is 6. The summed E-state index contributed by atoms with van der Waals surface area (Å²) < 4.78 is 12.5. The van der Waals surface area contributed by atoms with Gasteiger partial charge in [0.2, 0.25) is 11.9 Å². The van der Waals surface area contributed by atoms with E-state index < -0.39 is 0 Å². The fourth-order valence-corrected chi connectivity index (χ4v) is 3.99. The highest BCUT2D eigenvalue weighted by Gasteiger charge is 2.28. The number of nitrogens with one attached hydrogen (secondary N) is 1. The number of hydrogen-bond donors (Lipinski definition) is 1. The molecule has 0 saturated carbocycles. The zero-order valence-electron chi connectivity index (χ0n) is 17.0. The van der Waals surface area contributed by atoms with Crippen LogP contribution in [0.15, 0.2) is 36.5 Å². The Morgan fingerprint density at radius 3 is 2.87 bits per heavy atom. The van der Waals surface area contributed by atoms with Crippen molar-refractivity contribution < 1.29 is 14.3 Å². The summed E-state index contributed by atoms with van der Waals surface area (Å²) >= 11 is 6.21. The summed E-state index contributed by atoms with van der Waals surface area (Å²) in [6, 6.07) is 9.28. The number of anilines is 1. The SMILES string of the molecule is COc1ccc(CNC(=O)[C@@H]2CCCN(c3nnc4c(Cl)cccn34)C2)cc1OC. The molecule has 0 radical (unpaired) electrons. The highest BCUT2D eigenvalue weighted by molar-refractivity contribution is 6.33. The van der Waals surface area contributed by atoms with Crippen molar-refractivity contribution in [1.82, 2.24) is 19.9 Å². The van der Waals surface area contributed by atoms with Crippen LogP contribution in [0.4, 0.5) is 5.95 Å². The maximum Gasteiger partial charge on any atom is 0.231 e. The Kier molecular flexibility index (Phi) is 5.94. The molecule has 3 aromatic rings. The molecule has 1 amide bonds. The Hall–Kier alpha value is -3.00. The van der Waals surface area contributed by atoms with Crippen molar-refractivity contribution in [3.05, 3.63) is 47.1 Å². The molecule has 1 saturated heterocycles. The van der Waals surface area contributed by atoms with Gasteiger partial charge in [-0.25, -0.2) is 0 Å².